The summed E-state index contributed by atoms with van der Waals surface area (Å²) in [7, 11) is 0. The lowest BCUT2D eigenvalue weighted by Crippen LogP contribution is -2.16. The fraction of sp³-hybridized carbons (Fsp3) is 0.429. The van der Waals surface area contributed by atoms with Gasteiger partial charge in [0.05, 0.1) is 0 Å². The molecule has 0 spiro atoms. The van der Waals surface area contributed by atoms with Crippen molar-refractivity contribution in [2.75, 3.05) is 0 Å². The molecule has 1 aliphatic carbocycles. The predicted octanol–water partition coefficient (Wildman–Crippen LogP) is 3.86. The molecule has 0 aliphatic heterocycles. The Kier molecular flexibility index (Phi) is 2.22. The summed E-state index contributed by atoms with van der Waals surface area (Å²) in [6, 6.07) is 8.84. The molecule has 2 rings (SSSR count). The molecule has 0 aromatic heterocycles. The molecule has 0 fully saturated rings. The number of hydrogen-bond donors (Lipinski definition) is 0. The number of hydrogen-bond acceptors (Lipinski definition) is 0. The van der Waals surface area contributed by atoms with Gasteiger partial charge < -0.3 is 0 Å². The molecule has 0 saturated carbocycles. The second kappa shape index (κ2) is 3.27. The summed E-state index contributed by atoms with van der Waals surface area (Å²) in [5.41, 5.74) is 4.83. The molecule has 0 N–H and O–H groups in total. The lowest BCUT2D eigenvalue weighted by molar-refractivity contribution is 0.533. The van der Waals surface area contributed by atoms with E-state index >= 15 is 0 Å². The zero-order valence-corrected chi connectivity index (χ0v) is 9.30. The summed E-state index contributed by atoms with van der Waals surface area (Å²) >= 11 is 0. The first-order chi connectivity index (χ1) is 6.59. The van der Waals surface area contributed by atoms with Gasteiger partial charge in [0.25, 0.3) is 0 Å². The summed E-state index contributed by atoms with van der Waals surface area (Å²) in [4.78, 5) is 0. The minimum atomic E-state index is 0.300. The average molecular weight is 186 g/mol. The van der Waals surface area contributed by atoms with Crippen LogP contribution >= 0.6 is 0 Å². The van der Waals surface area contributed by atoms with Crippen molar-refractivity contribution in [3.8, 4) is 0 Å². The van der Waals surface area contributed by atoms with E-state index in [0.29, 0.717) is 5.41 Å². The van der Waals surface area contributed by atoms with Crippen LogP contribution in [0.2, 0.25) is 0 Å². The monoisotopic (exact) mass is 186 g/mol. The van der Waals surface area contributed by atoms with E-state index in [4.69, 9.17) is 0 Å². The average Bonchev–Trinajstić information content (AvgIpc) is 2.25. The second-order valence-corrected chi connectivity index (χ2v) is 4.97. The van der Waals surface area contributed by atoms with Crippen LogP contribution in [0.25, 0.3) is 0 Å². The predicted molar refractivity (Wildman–Crippen MR) is 61.5 cm³/mol. The molecule has 74 valence electrons. The Bertz CT molecular complexity index is 369. The van der Waals surface area contributed by atoms with Crippen LogP contribution in [0.5, 0.6) is 0 Å². The number of allylic oxidation sites excluding steroid dienone is 2. The van der Waals surface area contributed by atoms with Gasteiger partial charge in [-0.3, -0.25) is 0 Å². The Labute approximate surface area is 86.7 Å². The van der Waals surface area contributed by atoms with Gasteiger partial charge in [0.1, 0.15) is 0 Å². The molecule has 1 aromatic rings. The van der Waals surface area contributed by atoms with Gasteiger partial charge in [-0.05, 0) is 36.3 Å². The summed E-state index contributed by atoms with van der Waals surface area (Å²) in [6.07, 6.45) is 4.68. The van der Waals surface area contributed by atoms with Crippen LogP contribution in [0.1, 0.15) is 38.3 Å². The van der Waals surface area contributed by atoms with Gasteiger partial charge in [0, 0.05) is 0 Å². The molecule has 14 heavy (non-hydrogen) atoms. The smallest absolute Gasteiger partial charge is 0.00662 e. The molecule has 0 heterocycles. The van der Waals surface area contributed by atoms with Crippen LogP contribution in [-0.4, -0.2) is 0 Å². The zero-order chi connectivity index (χ0) is 10.2. The normalized spacial score (nSPS) is 19.5. The summed E-state index contributed by atoms with van der Waals surface area (Å²) in [6.45, 7) is 6.90. The highest BCUT2D eigenvalue weighted by molar-refractivity contribution is 5.38. The third-order valence-electron chi connectivity index (χ3n) is 3.18. The van der Waals surface area contributed by atoms with Crippen molar-refractivity contribution in [1.82, 2.24) is 0 Å². The van der Waals surface area contributed by atoms with Gasteiger partial charge in [-0.2, -0.15) is 0 Å². The largest absolute Gasteiger partial charge is 0.0844 e. The Morgan fingerprint density at radius 1 is 1.14 bits per heavy atom. The van der Waals surface area contributed by atoms with Crippen LogP contribution in [-0.2, 0) is 11.8 Å². The zero-order valence-electron chi connectivity index (χ0n) is 9.30. The molecular weight excluding hydrogens is 168 g/mol. The van der Waals surface area contributed by atoms with Crippen LogP contribution in [0.15, 0.2) is 35.9 Å². The van der Waals surface area contributed by atoms with Crippen molar-refractivity contribution >= 4 is 0 Å². The number of benzene rings is 1. The fourth-order valence-corrected chi connectivity index (χ4v) is 2.25. The lowest BCUT2D eigenvalue weighted by Gasteiger charge is -2.24. The summed E-state index contributed by atoms with van der Waals surface area (Å²) < 4.78 is 0. The highest BCUT2D eigenvalue weighted by Crippen LogP contribution is 2.34. The number of fused-ring (bicyclic) bond motifs is 1. The van der Waals surface area contributed by atoms with Gasteiger partial charge in [-0.1, -0.05) is 49.8 Å². The maximum atomic E-state index is 2.39. The van der Waals surface area contributed by atoms with E-state index < -0.39 is 0 Å². The molecule has 0 radical (unpaired) electrons. The van der Waals surface area contributed by atoms with Crippen molar-refractivity contribution in [2.45, 2.75) is 39.0 Å². The van der Waals surface area contributed by atoms with E-state index in [9.17, 15) is 0 Å². The molecule has 0 heteroatoms. The van der Waals surface area contributed by atoms with Crippen molar-refractivity contribution in [3.05, 3.63) is 47.0 Å². The highest BCUT2D eigenvalue weighted by atomic mass is 14.3. The Morgan fingerprint density at radius 3 is 2.64 bits per heavy atom. The molecular formula is C14H18. The Balaban J connectivity index is 2.54. The van der Waals surface area contributed by atoms with Crippen molar-refractivity contribution < 1.29 is 0 Å². The molecule has 1 aromatic carbocycles. The van der Waals surface area contributed by atoms with Crippen LogP contribution in [0.4, 0.5) is 0 Å². The third kappa shape index (κ3) is 1.61. The van der Waals surface area contributed by atoms with Crippen molar-refractivity contribution in [2.24, 2.45) is 0 Å². The minimum Gasteiger partial charge on any atom is -0.0844 e. The van der Waals surface area contributed by atoms with E-state index in [-0.39, 0.29) is 0 Å². The molecule has 0 amide bonds. The molecule has 0 bridgehead atoms. The Morgan fingerprint density at radius 2 is 1.86 bits per heavy atom. The van der Waals surface area contributed by atoms with Crippen LogP contribution < -0.4 is 0 Å². The Hall–Kier alpha value is -1.04. The van der Waals surface area contributed by atoms with Crippen LogP contribution in [0, 0.1) is 0 Å². The van der Waals surface area contributed by atoms with Gasteiger partial charge in [0.2, 0.25) is 0 Å². The maximum absolute atomic E-state index is 2.39. The lowest BCUT2D eigenvalue weighted by atomic mass is 9.80. The van der Waals surface area contributed by atoms with Gasteiger partial charge >= 0.3 is 0 Å². The molecule has 1 aliphatic rings. The first-order valence-corrected chi connectivity index (χ1v) is 5.33. The van der Waals surface area contributed by atoms with E-state index in [1.165, 1.54) is 16.7 Å². The van der Waals surface area contributed by atoms with E-state index in [0.717, 1.165) is 12.8 Å². The molecule has 0 unspecified atom stereocenters. The number of rotatable bonds is 0. The van der Waals surface area contributed by atoms with Gasteiger partial charge in [-0.15, -0.1) is 0 Å². The van der Waals surface area contributed by atoms with Gasteiger partial charge in [-0.25, -0.2) is 0 Å². The van der Waals surface area contributed by atoms with Crippen molar-refractivity contribution in [3.63, 3.8) is 0 Å². The van der Waals surface area contributed by atoms with Gasteiger partial charge in [0.15, 0.2) is 0 Å². The topological polar surface area (TPSA) is 0 Å². The maximum Gasteiger partial charge on any atom is -0.00662 e. The first kappa shape index (κ1) is 9.51. The van der Waals surface area contributed by atoms with E-state index in [2.05, 4.69) is 51.1 Å². The second-order valence-electron chi connectivity index (χ2n) is 4.97. The van der Waals surface area contributed by atoms with E-state index in [1.807, 2.05) is 0 Å². The summed E-state index contributed by atoms with van der Waals surface area (Å²) in [5, 5.41) is 0. The van der Waals surface area contributed by atoms with E-state index in [1.54, 1.807) is 0 Å². The quantitative estimate of drug-likeness (QED) is 0.540. The first-order valence-electron chi connectivity index (χ1n) is 5.33. The minimum absolute atomic E-state index is 0.300. The highest BCUT2D eigenvalue weighted by Gasteiger charge is 2.24. The fourth-order valence-electron chi connectivity index (χ4n) is 2.25. The van der Waals surface area contributed by atoms with Crippen LogP contribution in [0.3, 0.4) is 0 Å². The van der Waals surface area contributed by atoms with Crippen molar-refractivity contribution in [1.29, 1.82) is 0 Å². The summed E-state index contributed by atoms with van der Waals surface area (Å²) in [5.74, 6) is 0. The molecule has 0 atom stereocenters. The SMILES string of the molecule is CC1=CCC(C)(C)c2ccccc2C1. The molecule has 0 nitrogen and oxygen atoms in total. The standard InChI is InChI=1S/C14H18/c1-11-8-9-14(2,3)13-7-5-4-6-12(13)10-11/h4-8H,9-10H2,1-3H3. The third-order valence-corrected chi connectivity index (χ3v) is 3.18. The molecule has 0 saturated heterocycles.